The molecular formula is C11H20ClN3. The standard InChI is InChI=1S/C11H20ClN3/c1-9(2)4-11(12)7-13-5-10-6-14-15(3)8-10/h6,8-9,11,13H,4-5,7H2,1-3H3. The van der Waals surface area contributed by atoms with Gasteiger partial charge in [-0.3, -0.25) is 4.68 Å². The van der Waals surface area contributed by atoms with E-state index < -0.39 is 0 Å². The van der Waals surface area contributed by atoms with Crippen LogP contribution in [0.15, 0.2) is 12.4 Å². The smallest absolute Gasteiger partial charge is 0.0534 e. The number of hydrogen-bond acceptors (Lipinski definition) is 2. The Kier molecular flexibility index (Phi) is 5.12. The lowest BCUT2D eigenvalue weighted by Crippen LogP contribution is -2.23. The minimum Gasteiger partial charge on any atom is -0.311 e. The van der Waals surface area contributed by atoms with E-state index in [1.54, 1.807) is 0 Å². The number of nitrogens with one attached hydrogen (secondary N) is 1. The molecule has 1 unspecified atom stereocenters. The lowest BCUT2D eigenvalue weighted by atomic mass is 10.1. The molecule has 86 valence electrons. The second-order valence-corrected chi connectivity index (χ2v) is 5.00. The summed E-state index contributed by atoms with van der Waals surface area (Å²) in [5.74, 6) is 0.660. The highest BCUT2D eigenvalue weighted by Gasteiger charge is 2.06. The van der Waals surface area contributed by atoms with Crippen LogP contribution in [0.2, 0.25) is 0 Å². The maximum absolute atomic E-state index is 6.16. The van der Waals surface area contributed by atoms with Crippen LogP contribution in [0.4, 0.5) is 0 Å². The third-order valence-electron chi connectivity index (χ3n) is 2.18. The van der Waals surface area contributed by atoms with Crippen molar-refractivity contribution < 1.29 is 0 Å². The van der Waals surface area contributed by atoms with Crippen molar-refractivity contribution in [3.05, 3.63) is 18.0 Å². The minimum atomic E-state index is 0.224. The summed E-state index contributed by atoms with van der Waals surface area (Å²) in [4.78, 5) is 0. The third kappa shape index (κ3) is 5.19. The fourth-order valence-corrected chi connectivity index (χ4v) is 2.00. The van der Waals surface area contributed by atoms with Crippen LogP contribution in [0.25, 0.3) is 0 Å². The van der Waals surface area contributed by atoms with E-state index in [2.05, 4.69) is 24.3 Å². The molecule has 0 fully saturated rings. The predicted octanol–water partition coefficient (Wildman–Crippen LogP) is 2.16. The summed E-state index contributed by atoms with van der Waals surface area (Å²) in [6.45, 7) is 6.08. The number of nitrogens with zero attached hydrogens (tertiary/aromatic N) is 2. The normalized spacial score (nSPS) is 13.4. The molecule has 0 saturated carbocycles. The van der Waals surface area contributed by atoms with Gasteiger partial charge in [0.2, 0.25) is 0 Å². The fourth-order valence-electron chi connectivity index (χ4n) is 1.53. The average Bonchev–Trinajstić information content (AvgIpc) is 2.50. The molecular weight excluding hydrogens is 210 g/mol. The van der Waals surface area contributed by atoms with Crippen molar-refractivity contribution in [3.63, 3.8) is 0 Å². The van der Waals surface area contributed by atoms with Crippen LogP contribution in [-0.4, -0.2) is 21.7 Å². The molecule has 0 amide bonds. The zero-order valence-electron chi connectivity index (χ0n) is 9.70. The molecule has 15 heavy (non-hydrogen) atoms. The number of aromatic nitrogens is 2. The van der Waals surface area contributed by atoms with Gasteiger partial charge in [0.15, 0.2) is 0 Å². The largest absolute Gasteiger partial charge is 0.311 e. The van der Waals surface area contributed by atoms with Gasteiger partial charge >= 0.3 is 0 Å². The SMILES string of the molecule is CC(C)CC(Cl)CNCc1cnn(C)c1. The van der Waals surface area contributed by atoms with Crippen LogP contribution in [0.1, 0.15) is 25.8 Å². The summed E-state index contributed by atoms with van der Waals surface area (Å²) in [7, 11) is 1.92. The van der Waals surface area contributed by atoms with E-state index in [4.69, 9.17) is 11.6 Å². The van der Waals surface area contributed by atoms with Gasteiger partial charge in [0.25, 0.3) is 0 Å². The molecule has 0 aliphatic heterocycles. The first kappa shape index (κ1) is 12.5. The van der Waals surface area contributed by atoms with Crippen LogP contribution in [0, 0.1) is 5.92 Å². The number of hydrogen-bond donors (Lipinski definition) is 1. The molecule has 1 atom stereocenters. The Bertz CT molecular complexity index is 283. The summed E-state index contributed by atoms with van der Waals surface area (Å²) >= 11 is 6.16. The van der Waals surface area contributed by atoms with Crippen molar-refractivity contribution in [1.82, 2.24) is 15.1 Å². The molecule has 1 aromatic rings. The highest BCUT2D eigenvalue weighted by Crippen LogP contribution is 2.09. The van der Waals surface area contributed by atoms with Crippen LogP contribution in [0.5, 0.6) is 0 Å². The molecule has 1 N–H and O–H groups in total. The van der Waals surface area contributed by atoms with Gasteiger partial charge in [0, 0.05) is 37.3 Å². The zero-order valence-corrected chi connectivity index (χ0v) is 10.5. The molecule has 0 aliphatic carbocycles. The van der Waals surface area contributed by atoms with Crippen molar-refractivity contribution in [3.8, 4) is 0 Å². The second kappa shape index (κ2) is 6.13. The first-order valence-corrected chi connectivity index (χ1v) is 5.84. The van der Waals surface area contributed by atoms with Crippen molar-refractivity contribution in [2.75, 3.05) is 6.54 Å². The lowest BCUT2D eigenvalue weighted by molar-refractivity contribution is 0.533. The molecule has 1 aromatic heterocycles. The van der Waals surface area contributed by atoms with Gasteiger partial charge in [-0.25, -0.2) is 0 Å². The molecule has 4 heteroatoms. The molecule has 0 saturated heterocycles. The van der Waals surface area contributed by atoms with Crippen molar-refractivity contribution in [1.29, 1.82) is 0 Å². The van der Waals surface area contributed by atoms with Gasteiger partial charge in [-0.15, -0.1) is 11.6 Å². The predicted molar refractivity (Wildman–Crippen MR) is 64.0 cm³/mol. The number of rotatable bonds is 6. The first-order valence-electron chi connectivity index (χ1n) is 5.40. The summed E-state index contributed by atoms with van der Waals surface area (Å²) in [5, 5.41) is 7.67. The summed E-state index contributed by atoms with van der Waals surface area (Å²) in [5.41, 5.74) is 1.20. The fraction of sp³-hybridized carbons (Fsp3) is 0.727. The molecule has 0 aromatic carbocycles. The van der Waals surface area contributed by atoms with Gasteiger partial charge in [-0.05, 0) is 12.3 Å². The maximum Gasteiger partial charge on any atom is 0.0534 e. The average molecular weight is 230 g/mol. The monoisotopic (exact) mass is 229 g/mol. The molecule has 1 rings (SSSR count). The number of aryl methyl sites for hydroxylation is 1. The lowest BCUT2D eigenvalue weighted by Gasteiger charge is -2.12. The molecule has 0 radical (unpaired) electrons. The Hall–Kier alpha value is -0.540. The Morgan fingerprint density at radius 1 is 1.53 bits per heavy atom. The minimum absolute atomic E-state index is 0.224. The quantitative estimate of drug-likeness (QED) is 0.758. The third-order valence-corrected chi connectivity index (χ3v) is 2.51. The van der Waals surface area contributed by atoms with Gasteiger partial charge in [0.05, 0.1) is 6.20 Å². The Balaban J connectivity index is 2.16. The highest BCUT2D eigenvalue weighted by atomic mass is 35.5. The first-order chi connectivity index (χ1) is 7.08. The van der Waals surface area contributed by atoms with Crippen LogP contribution in [0.3, 0.4) is 0 Å². The van der Waals surface area contributed by atoms with E-state index in [9.17, 15) is 0 Å². The summed E-state index contributed by atoms with van der Waals surface area (Å²) in [6.07, 6.45) is 4.94. The molecule has 3 nitrogen and oxygen atoms in total. The molecule has 1 heterocycles. The van der Waals surface area contributed by atoms with E-state index >= 15 is 0 Å². The van der Waals surface area contributed by atoms with Crippen LogP contribution in [-0.2, 0) is 13.6 Å². The second-order valence-electron chi connectivity index (χ2n) is 4.38. The molecule has 0 bridgehead atoms. The number of halogens is 1. The van der Waals surface area contributed by atoms with E-state index in [0.717, 1.165) is 19.5 Å². The van der Waals surface area contributed by atoms with Crippen LogP contribution < -0.4 is 5.32 Å². The van der Waals surface area contributed by atoms with E-state index in [0.29, 0.717) is 5.92 Å². The topological polar surface area (TPSA) is 29.9 Å². The van der Waals surface area contributed by atoms with E-state index in [-0.39, 0.29) is 5.38 Å². The van der Waals surface area contributed by atoms with Crippen molar-refractivity contribution >= 4 is 11.6 Å². The van der Waals surface area contributed by atoms with E-state index in [1.807, 2.05) is 24.1 Å². The van der Waals surface area contributed by atoms with Crippen molar-refractivity contribution in [2.45, 2.75) is 32.2 Å². The number of alkyl halides is 1. The Labute approximate surface area is 96.8 Å². The molecule has 0 aliphatic rings. The summed E-state index contributed by atoms with van der Waals surface area (Å²) < 4.78 is 1.81. The van der Waals surface area contributed by atoms with Gasteiger partial charge < -0.3 is 5.32 Å². The highest BCUT2D eigenvalue weighted by molar-refractivity contribution is 6.20. The van der Waals surface area contributed by atoms with Gasteiger partial charge in [-0.1, -0.05) is 13.8 Å². The zero-order chi connectivity index (χ0) is 11.3. The van der Waals surface area contributed by atoms with E-state index in [1.165, 1.54) is 5.56 Å². The molecule has 0 spiro atoms. The summed E-state index contributed by atoms with van der Waals surface area (Å²) in [6, 6.07) is 0. The van der Waals surface area contributed by atoms with Crippen LogP contribution >= 0.6 is 11.6 Å². The van der Waals surface area contributed by atoms with Crippen molar-refractivity contribution in [2.24, 2.45) is 13.0 Å². The maximum atomic E-state index is 6.16. The Morgan fingerprint density at radius 2 is 2.27 bits per heavy atom. The van der Waals surface area contributed by atoms with Gasteiger partial charge in [-0.2, -0.15) is 5.10 Å². The Morgan fingerprint density at radius 3 is 2.80 bits per heavy atom. The van der Waals surface area contributed by atoms with Gasteiger partial charge in [0.1, 0.15) is 0 Å².